The van der Waals surface area contributed by atoms with Gasteiger partial charge in [-0.2, -0.15) is 0 Å². The van der Waals surface area contributed by atoms with Crippen LogP contribution in [-0.2, 0) is 0 Å². The number of hydrogen-bond donors (Lipinski definition) is 1. The third-order valence-electron chi connectivity index (χ3n) is 5.01. The first-order valence-electron chi connectivity index (χ1n) is 7.96. The van der Waals surface area contributed by atoms with Crippen molar-refractivity contribution in [3.05, 3.63) is 71.8 Å². The molecule has 21 heavy (non-hydrogen) atoms. The van der Waals surface area contributed by atoms with Crippen LogP contribution in [-0.4, -0.2) is 31.1 Å². The monoisotopic (exact) mass is 278 g/mol. The minimum atomic E-state index is 0.401. The first-order valence-corrected chi connectivity index (χ1v) is 7.96. The van der Waals surface area contributed by atoms with Crippen molar-refractivity contribution in [2.75, 3.05) is 26.2 Å². The van der Waals surface area contributed by atoms with Crippen molar-refractivity contribution >= 4 is 0 Å². The molecule has 2 aromatic carbocycles. The fourth-order valence-corrected chi connectivity index (χ4v) is 3.99. The lowest BCUT2D eigenvalue weighted by Gasteiger charge is -2.29. The maximum Gasteiger partial charge on any atom is 0.0602 e. The molecule has 2 aliphatic heterocycles. The van der Waals surface area contributed by atoms with E-state index in [0.717, 1.165) is 11.8 Å². The summed E-state index contributed by atoms with van der Waals surface area (Å²) in [5, 5.41) is 3.54. The maximum absolute atomic E-state index is 3.54. The standard InChI is InChI=1S/C19H22N2/c1-3-7-15(8-4-1)19(16-9-5-2-6-10-16)21-13-17-11-20-12-18(17)14-21/h1-10,17-20H,11-14H2/t17-,18+. The largest absolute Gasteiger partial charge is 0.316 e. The van der Waals surface area contributed by atoms with E-state index in [0.29, 0.717) is 6.04 Å². The van der Waals surface area contributed by atoms with Gasteiger partial charge >= 0.3 is 0 Å². The Bertz CT molecular complexity index is 530. The van der Waals surface area contributed by atoms with Gasteiger partial charge in [-0.25, -0.2) is 0 Å². The SMILES string of the molecule is c1ccc(C(c2ccccc2)N2C[C@H]3CNC[C@H]3C2)cc1. The summed E-state index contributed by atoms with van der Waals surface area (Å²) in [6.07, 6.45) is 0. The molecule has 0 aliphatic carbocycles. The number of rotatable bonds is 3. The molecule has 2 nitrogen and oxygen atoms in total. The van der Waals surface area contributed by atoms with Gasteiger partial charge in [-0.15, -0.1) is 0 Å². The number of nitrogens with one attached hydrogen (secondary N) is 1. The fraction of sp³-hybridized carbons (Fsp3) is 0.368. The predicted octanol–water partition coefficient (Wildman–Crippen LogP) is 2.93. The Morgan fingerprint density at radius 1 is 0.762 bits per heavy atom. The average Bonchev–Trinajstić information content (AvgIpc) is 3.11. The van der Waals surface area contributed by atoms with Gasteiger partial charge in [0.2, 0.25) is 0 Å². The lowest BCUT2D eigenvalue weighted by Crippen LogP contribution is -2.30. The summed E-state index contributed by atoms with van der Waals surface area (Å²) in [5.74, 6) is 1.67. The molecular weight excluding hydrogens is 256 g/mol. The van der Waals surface area contributed by atoms with E-state index >= 15 is 0 Å². The van der Waals surface area contributed by atoms with Gasteiger partial charge in [0.15, 0.2) is 0 Å². The number of hydrogen-bond acceptors (Lipinski definition) is 2. The van der Waals surface area contributed by atoms with Crippen LogP contribution in [0, 0.1) is 11.8 Å². The Labute approximate surface area is 126 Å². The van der Waals surface area contributed by atoms with E-state index in [-0.39, 0.29) is 0 Å². The molecule has 0 aromatic heterocycles. The van der Waals surface area contributed by atoms with Crippen LogP contribution in [0.3, 0.4) is 0 Å². The van der Waals surface area contributed by atoms with Gasteiger partial charge in [-0.05, 0) is 36.1 Å². The molecule has 0 unspecified atom stereocenters. The smallest absolute Gasteiger partial charge is 0.0602 e. The molecule has 2 heterocycles. The van der Waals surface area contributed by atoms with E-state index < -0.39 is 0 Å². The van der Waals surface area contributed by atoms with Crippen molar-refractivity contribution in [2.24, 2.45) is 11.8 Å². The van der Waals surface area contributed by atoms with Crippen LogP contribution in [0.5, 0.6) is 0 Å². The third-order valence-corrected chi connectivity index (χ3v) is 5.01. The number of nitrogens with zero attached hydrogens (tertiary/aromatic N) is 1. The van der Waals surface area contributed by atoms with Crippen LogP contribution in [0.4, 0.5) is 0 Å². The van der Waals surface area contributed by atoms with Crippen LogP contribution in [0.2, 0.25) is 0 Å². The minimum absolute atomic E-state index is 0.401. The average molecular weight is 278 g/mol. The summed E-state index contributed by atoms with van der Waals surface area (Å²) in [6, 6.07) is 22.3. The molecule has 0 spiro atoms. The second kappa shape index (κ2) is 5.63. The summed E-state index contributed by atoms with van der Waals surface area (Å²) in [4.78, 5) is 2.68. The molecule has 2 aromatic rings. The molecule has 2 atom stereocenters. The molecule has 1 N–H and O–H groups in total. The van der Waals surface area contributed by atoms with Crippen LogP contribution in [0.15, 0.2) is 60.7 Å². The van der Waals surface area contributed by atoms with Crippen LogP contribution in [0.25, 0.3) is 0 Å². The molecule has 4 rings (SSSR count). The molecule has 108 valence electrons. The van der Waals surface area contributed by atoms with Gasteiger partial charge in [-0.3, -0.25) is 4.90 Å². The highest BCUT2D eigenvalue weighted by molar-refractivity contribution is 5.32. The van der Waals surface area contributed by atoms with Gasteiger partial charge in [0, 0.05) is 13.1 Å². The summed E-state index contributed by atoms with van der Waals surface area (Å²) >= 11 is 0. The maximum atomic E-state index is 3.54. The van der Waals surface area contributed by atoms with Crippen LogP contribution >= 0.6 is 0 Å². The molecule has 2 saturated heterocycles. The Kier molecular flexibility index (Phi) is 3.50. The highest BCUT2D eigenvalue weighted by Gasteiger charge is 2.39. The third kappa shape index (κ3) is 2.50. The van der Waals surface area contributed by atoms with Gasteiger partial charge < -0.3 is 5.32 Å². The number of fused-ring (bicyclic) bond motifs is 1. The molecule has 0 amide bonds. The van der Waals surface area contributed by atoms with Crippen molar-refractivity contribution in [2.45, 2.75) is 6.04 Å². The Hall–Kier alpha value is -1.64. The van der Waals surface area contributed by atoms with Crippen molar-refractivity contribution in [3.63, 3.8) is 0 Å². The number of benzene rings is 2. The summed E-state index contributed by atoms with van der Waals surface area (Å²) < 4.78 is 0. The van der Waals surface area contributed by atoms with Gasteiger partial charge in [0.05, 0.1) is 6.04 Å². The van der Waals surface area contributed by atoms with E-state index in [9.17, 15) is 0 Å². The minimum Gasteiger partial charge on any atom is -0.316 e. The number of likely N-dealkylation sites (tertiary alicyclic amines) is 1. The molecule has 2 fully saturated rings. The lowest BCUT2D eigenvalue weighted by molar-refractivity contribution is 0.260. The predicted molar refractivity (Wildman–Crippen MR) is 86.1 cm³/mol. The van der Waals surface area contributed by atoms with Crippen molar-refractivity contribution in [1.82, 2.24) is 10.2 Å². The second-order valence-corrected chi connectivity index (χ2v) is 6.36. The Morgan fingerprint density at radius 3 is 1.71 bits per heavy atom. The van der Waals surface area contributed by atoms with Crippen molar-refractivity contribution < 1.29 is 0 Å². The highest BCUT2D eigenvalue weighted by atomic mass is 15.2. The second-order valence-electron chi connectivity index (χ2n) is 6.36. The molecular formula is C19H22N2. The molecule has 2 aliphatic rings. The first kappa shape index (κ1) is 13.1. The zero-order valence-electron chi connectivity index (χ0n) is 12.3. The zero-order chi connectivity index (χ0) is 14.1. The van der Waals surface area contributed by atoms with E-state index in [1.807, 2.05) is 0 Å². The Balaban J connectivity index is 1.68. The lowest BCUT2D eigenvalue weighted by atomic mass is 9.97. The molecule has 2 heteroatoms. The first-order chi connectivity index (χ1) is 10.4. The van der Waals surface area contributed by atoms with Crippen LogP contribution < -0.4 is 5.32 Å². The molecule has 0 radical (unpaired) electrons. The van der Waals surface area contributed by atoms with Crippen molar-refractivity contribution in [1.29, 1.82) is 0 Å². The van der Waals surface area contributed by atoms with Gasteiger partial charge in [-0.1, -0.05) is 60.7 Å². The van der Waals surface area contributed by atoms with E-state index in [2.05, 4.69) is 70.9 Å². The van der Waals surface area contributed by atoms with Gasteiger partial charge in [0.25, 0.3) is 0 Å². The Morgan fingerprint density at radius 2 is 1.24 bits per heavy atom. The molecule has 0 bridgehead atoms. The summed E-state index contributed by atoms with van der Waals surface area (Å²) in [6.45, 7) is 4.81. The molecule has 0 saturated carbocycles. The van der Waals surface area contributed by atoms with E-state index in [4.69, 9.17) is 0 Å². The van der Waals surface area contributed by atoms with Gasteiger partial charge in [0.1, 0.15) is 0 Å². The highest BCUT2D eigenvalue weighted by Crippen LogP contribution is 2.36. The quantitative estimate of drug-likeness (QED) is 0.928. The van der Waals surface area contributed by atoms with Crippen molar-refractivity contribution in [3.8, 4) is 0 Å². The fourth-order valence-electron chi connectivity index (χ4n) is 3.99. The zero-order valence-corrected chi connectivity index (χ0v) is 12.3. The summed E-state index contributed by atoms with van der Waals surface area (Å²) in [5.41, 5.74) is 2.83. The van der Waals surface area contributed by atoms with Crippen LogP contribution in [0.1, 0.15) is 17.2 Å². The van der Waals surface area contributed by atoms with E-state index in [1.165, 1.54) is 37.3 Å². The summed E-state index contributed by atoms with van der Waals surface area (Å²) in [7, 11) is 0. The van der Waals surface area contributed by atoms with E-state index in [1.54, 1.807) is 0 Å². The topological polar surface area (TPSA) is 15.3 Å². The normalized spacial score (nSPS) is 25.4.